The fourth-order valence-corrected chi connectivity index (χ4v) is 1.65. The lowest BCUT2D eigenvalue weighted by Gasteiger charge is -2.19. The van der Waals surface area contributed by atoms with Crippen LogP contribution in [-0.4, -0.2) is 36.8 Å². The zero-order valence-electron chi connectivity index (χ0n) is 11.9. The average Bonchev–Trinajstić information content (AvgIpc) is 2.44. The Bertz CT molecular complexity index is 503. The van der Waals surface area contributed by atoms with Gasteiger partial charge in [-0.15, -0.1) is 26.3 Å². The highest BCUT2D eigenvalue weighted by atomic mass is 19.4. The number of carbonyl (C=O) groups excluding carboxylic acids is 1. The van der Waals surface area contributed by atoms with Gasteiger partial charge in [0, 0.05) is 18.8 Å². The van der Waals surface area contributed by atoms with Crippen LogP contribution < -0.4 is 10.1 Å². The second kappa shape index (κ2) is 8.11. The van der Waals surface area contributed by atoms with Crippen LogP contribution in [-0.2, 0) is 4.79 Å². The summed E-state index contributed by atoms with van der Waals surface area (Å²) >= 11 is 0. The minimum absolute atomic E-state index is 0.0150. The predicted molar refractivity (Wildman–Crippen MR) is 78.6 cm³/mol. The number of halogens is 3. The van der Waals surface area contributed by atoms with Crippen molar-refractivity contribution in [3.05, 3.63) is 49.6 Å². The zero-order chi connectivity index (χ0) is 16.6. The monoisotopic (exact) mass is 314 g/mol. The van der Waals surface area contributed by atoms with E-state index in [-0.39, 0.29) is 18.2 Å². The van der Waals surface area contributed by atoms with Gasteiger partial charge in [-0.3, -0.25) is 4.79 Å². The molecule has 7 heteroatoms. The Morgan fingerprint density at radius 3 is 2.18 bits per heavy atom. The van der Waals surface area contributed by atoms with Crippen molar-refractivity contribution >= 4 is 11.6 Å². The first kappa shape index (κ1) is 17.6. The first-order chi connectivity index (χ1) is 10.4. The summed E-state index contributed by atoms with van der Waals surface area (Å²) in [5.74, 6) is -0.486. The predicted octanol–water partition coefficient (Wildman–Crippen LogP) is 3.20. The molecule has 0 heterocycles. The zero-order valence-corrected chi connectivity index (χ0v) is 11.9. The molecule has 1 N–H and O–H groups in total. The van der Waals surface area contributed by atoms with E-state index in [0.29, 0.717) is 18.8 Å². The van der Waals surface area contributed by atoms with Gasteiger partial charge in [-0.05, 0) is 24.3 Å². The number of anilines is 1. The Morgan fingerprint density at radius 2 is 1.73 bits per heavy atom. The first-order valence-corrected chi connectivity index (χ1v) is 6.45. The van der Waals surface area contributed by atoms with Crippen LogP contribution in [0.4, 0.5) is 18.9 Å². The molecule has 0 aromatic heterocycles. The van der Waals surface area contributed by atoms with Crippen LogP contribution >= 0.6 is 0 Å². The Balaban J connectivity index is 2.55. The van der Waals surface area contributed by atoms with Crippen LogP contribution in [0.3, 0.4) is 0 Å². The van der Waals surface area contributed by atoms with E-state index >= 15 is 0 Å². The van der Waals surface area contributed by atoms with Gasteiger partial charge in [0.1, 0.15) is 5.75 Å². The fourth-order valence-electron chi connectivity index (χ4n) is 1.65. The maximum atomic E-state index is 12.0. The molecule has 0 unspecified atom stereocenters. The van der Waals surface area contributed by atoms with Gasteiger partial charge in [-0.2, -0.15) is 0 Å². The Morgan fingerprint density at radius 1 is 1.18 bits per heavy atom. The molecule has 0 radical (unpaired) electrons. The van der Waals surface area contributed by atoms with E-state index in [0.717, 1.165) is 0 Å². The lowest BCUT2D eigenvalue weighted by atomic mass is 10.3. The molecule has 0 saturated carbocycles. The van der Waals surface area contributed by atoms with Gasteiger partial charge < -0.3 is 15.0 Å². The van der Waals surface area contributed by atoms with Crippen molar-refractivity contribution in [2.75, 3.05) is 25.0 Å². The van der Waals surface area contributed by atoms with Crippen molar-refractivity contribution in [2.24, 2.45) is 0 Å². The number of nitrogens with one attached hydrogen (secondary N) is 1. The second-order valence-electron chi connectivity index (χ2n) is 4.30. The molecule has 0 saturated heterocycles. The quantitative estimate of drug-likeness (QED) is 0.749. The van der Waals surface area contributed by atoms with Crippen LogP contribution in [0.2, 0.25) is 0 Å². The summed E-state index contributed by atoms with van der Waals surface area (Å²) in [7, 11) is 0. The maximum Gasteiger partial charge on any atom is 0.573 e. The maximum absolute atomic E-state index is 12.0. The molecule has 0 aliphatic rings. The third kappa shape index (κ3) is 6.34. The Labute approximate surface area is 126 Å². The molecule has 0 aliphatic carbocycles. The molecule has 4 nitrogen and oxygen atoms in total. The highest BCUT2D eigenvalue weighted by molar-refractivity contribution is 5.81. The summed E-state index contributed by atoms with van der Waals surface area (Å²) in [5.41, 5.74) is 0.514. The molecular formula is C15H17F3N2O2. The van der Waals surface area contributed by atoms with Crippen LogP contribution in [0.1, 0.15) is 0 Å². The standard InChI is InChI=1S/C15H17F3N2O2/c1-3-9-20(10-4-2)14(21)11-19-12-5-7-13(8-6-12)22-15(16,17)18/h3-8,19H,1-2,9-11H2. The topological polar surface area (TPSA) is 41.6 Å². The number of alkyl halides is 3. The SMILES string of the molecule is C=CCN(CC=C)C(=O)CNc1ccc(OC(F)(F)F)cc1. The van der Waals surface area contributed by atoms with E-state index < -0.39 is 6.36 Å². The van der Waals surface area contributed by atoms with Gasteiger partial charge in [0.15, 0.2) is 0 Å². The van der Waals surface area contributed by atoms with E-state index in [1.165, 1.54) is 29.2 Å². The molecule has 0 bridgehead atoms. The van der Waals surface area contributed by atoms with Crippen LogP contribution in [0.5, 0.6) is 5.75 Å². The van der Waals surface area contributed by atoms with Gasteiger partial charge in [-0.25, -0.2) is 0 Å². The molecule has 1 aromatic carbocycles. The van der Waals surface area contributed by atoms with Gasteiger partial charge in [0.2, 0.25) is 5.91 Å². The Kier molecular flexibility index (Phi) is 6.49. The number of carbonyl (C=O) groups is 1. The van der Waals surface area contributed by atoms with Crippen molar-refractivity contribution in [3.8, 4) is 5.75 Å². The average molecular weight is 314 g/mol. The van der Waals surface area contributed by atoms with Gasteiger partial charge >= 0.3 is 6.36 Å². The van der Waals surface area contributed by atoms with Crippen LogP contribution in [0, 0.1) is 0 Å². The summed E-state index contributed by atoms with van der Waals surface area (Å²) in [6.07, 6.45) is -1.52. The first-order valence-electron chi connectivity index (χ1n) is 6.45. The molecule has 1 aromatic rings. The third-order valence-electron chi connectivity index (χ3n) is 2.58. The lowest BCUT2D eigenvalue weighted by Crippen LogP contribution is -2.35. The molecule has 0 spiro atoms. The van der Waals surface area contributed by atoms with E-state index in [1.54, 1.807) is 12.2 Å². The number of benzene rings is 1. The molecule has 1 rings (SSSR count). The minimum Gasteiger partial charge on any atom is -0.406 e. The van der Waals surface area contributed by atoms with E-state index in [2.05, 4.69) is 23.2 Å². The van der Waals surface area contributed by atoms with E-state index in [4.69, 9.17) is 0 Å². The molecule has 1 amide bonds. The summed E-state index contributed by atoms with van der Waals surface area (Å²) in [6.45, 7) is 7.94. The number of hydrogen-bond donors (Lipinski definition) is 1. The number of nitrogens with zero attached hydrogens (tertiary/aromatic N) is 1. The molecular weight excluding hydrogens is 297 g/mol. The highest BCUT2D eigenvalue weighted by Gasteiger charge is 2.30. The van der Waals surface area contributed by atoms with E-state index in [9.17, 15) is 18.0 Å². The smallest absolute Gasteiger partial charge is 0.406 e. The fraction of sp³-hybridized carbons (Fsp3) is 0.267. The molecule has 0 aliphatic heterocycles. The number of rotatable bonds is 8. The number of ether oxygens (including phenoxy) is 1. The largest absolute Gasteiger partial charge is 0.573 e. The van der Waals surface area contributed by atoms with Gasteiger partial charge in [0.25, 0.3) is 0 Å². The molecule has 0 atom stereocenters. The van der Waals surface area contributed by atoms with Crippen molar-refractivity contribution in [1.82, 2.24) is 4.90 Å². The number of amides is 1. The lowest BCUT2D eigenvalue weighted by molar-refractivity contribution is -0.274. The van der Waals surface area contributed by atoms with E-state index in [1.807, 2.05) is 0 Å². The molecule has 0 fully saturated rings. The summed E-state index contributed by atoms with van der Waals surface area (Å²) in [5, 5.41) is 2.84. The van der Waals surface area contributed by atoms with Crippen molar-refractivity contribution in [2.45, 2.75) is 6.36 Å². The normalized spacial score (nSPS) is 10.7. The van der Waals surface area contributed by atoms with Gasteiger partial charge in [-0.1, -0.05) is 12.2 Å². The summed E-state index contributed by atoms with van der Waals surface area (Å²) in [4.78, 5) is 13.5. The van der Waals surface area contributed by atoms with Crippen LogP contribution in [0.25, 0.3) is 0 Å². The van der Waals surface area contributed by atoms with Crippen molar-refractivity contribution < 1.29 is 22.7 Å². The number of hydrogen-bond acceptors (Lipinski definition) is 3. The molecule has 22 heavy (non-hydrogen) atoms. The van der Waals surface area contributed by atoms with Gasteiger partial charge in [0.05, 0.1) is 6.54 Å². The minimum atomic E-state index is -4.72. The Hall–Kier alpha value is -2.44. The summed E-state index contributed by atoms with van der Waals surface area (Å²) < 4.78 is 39.8. The van der Waals surface area contributed by atoms with Crippen molar-refractivity contribution in [3.63, 3.8) is 0 Å². The summed E-state index contributed by atoms with van der Waals surface area (Å²) in [6, 6.07) is 5.15. The molecule has 120 valence electrons. The van der Waals surface area contributed by atoms with Crippen molar-refractivity contribution in [1.29, 1.82) is 0 Å². The van der Waals surface area contributed by atoms with Crippen LogP contribution in [0.15, 0.2) is 49.6 Å². The second-order valence-corrected chi connectivity index (χ2v) is 4.30. The third-order valence-corrected chi connectivity index (χ3v) is 2.58. The highest BCUT2D eigenvalue weighted by Crippen LogP contribution is 2.23.